The molecular formula is C16H22O2. The van der Waals surface area contributed by atoms with Crippen LogP contribution in [0.1, 0.15) is 72.6 Å². The molecule has 0 fully saturated rings. The van der Waals surface area contributed by atoms with Gasteiger partial charge in [-0.25, -0.2) is 0 Å². The van der Waals surface area contributed by atoms with Crippen molar-refractivity contribution in [2.45, 2.75) is 51.9 Å². The summed E-state index contributed by atoms with van der Waals surface area (Å²) in [5.41, 5.74) is 1.08. The fourth-order valence-electron chi connectivity index (χ4n) is 2.05. The average Bonchev–Trinajstić information content (AvgIpc) is 2.42. The molecule has 0 saturated carbocycles. The van der Waals surface area contributed by atoms with Crippen LogP contribution in [-0.4, -0.2) is 12.1 Å². The Bertz CT molecular complexity index is 382. The van der Waals surface area contributed by atoms with Crippen molar-refractivity contribution in [1.29, 1.82) is 0 Å². The van der Waals surface area contributed by atoms with Crippen LogP contribution in [0, 0.1) is 0 Å². The molecule has 0 amide bonds. The number of hydrogen-bond acceptors (Lipinski definition) is 2. The Balaban J connectivity index is 2.34. The lowest BCUT2D eigenvalue weighted by Gasteiger charge is -2.04. The van der Waals surface area contributed by atoms with Crippen molar-refractivity contribution in [1.82, 2.24) is 0 Å². The third-order valence-corrected chi connectivity index (χ3v) is 3.15. The third kappa shape index (κ3) is 4.82. The number of aldehydes is 1. The van der Waals surface area contributed by atoms with Gasteiger partial charge in [0.25, 0.3) is 0 Å². The minimum Gasteiger partial charge on any atom is -0.298 e. The largest absolute Gasteiger partial charge is 0.298 e. The highest BCUT2D eigenvalue weighted by Gasteiger charge is 2.09. The van der Waals surface area contributed by atoms with Crippen LogP contribution in [-0.2, 0) is 0 Å². The van der Waals surface area contributed by atoms with E-state index in [9.17, 15) is 9.59 Å². The van der Waals surface area contributed by atoms with E-state index >= 15 is 0 Å². The van der Waals surface area contributed by atoms with E-state index in [4.69, 9.17) is 0 Å². The molecule has 0 aliphatic heterocycles. The lowest BCUT2D eigenvalue weighted by atomic mass is 10.00. The van der Waals surface area contributed by atoms with Gasteiger partial charge < -0.3 is 0 Å². The Morgan fingerprint density at radius 1 is 1.06 bits per heavy atom. The van der Waals surface area contributed by atoms with E-state index in [1.807, 2.05) is 6.07 Å². The first-order valence-corrected chi connectivity index (χ1v) is 6.87. The molecule has 0 aliphatic rings. The van der Waals surface area contributed by atoms with Gasteiger partial charge in [0, 0.05) is 17.5 Å². The maximum Gasteiger partial charge on any atom is 0.163 e. The molecule has 98 valence electrons. The first-order chi connectivity index (χ1) is 8.79. The minimum absolute atomic E-state index is 0.0909. The van der Waals surface area contributed by atoms with Crippen LogP contribution >= 0.6 is 0 Å². The molecular weight excluding hydrogens is 224 g/mol. The van der Waals surface area contributed by atoms with Crippen molar-refractivity contribution in [2.75, 3.05) is 0 Å². The van der Waals surface area contributed by atoms with E-state index in [0.29, 0.717) is 17.5 Å². The van der Waals surface area contributed by atoms with E-state index in [0.717, 1.165) is 19.1 Å². The molecule has 0 N–H and O–H groups in total. The molecule has 0 saturated heterocycles. The maximum atomic E-state index is 12.0. The molecule has 0 aromatic heterocycles. The Kier molecular flexibility index (Phi) is 7.00. The van der Waals surface area contributed by atoms with Crippen LogP contribution in [0.2, 0.25) is 0 Å². The zero-order valence-electron chi connectivity index (χ0n) is 11.2. The summed E-state index contributed by atoms with van der Waals surface area (Å²) in [5, 5.41) is 0. The second-order valence-corrected chi connectivity index (χ2v) is 4.65. The summed E-state index contributed by atoms with van der Waals surface area (Å²) in [4.78, 5) is 22.8. The van der Waals surface area contributed by atoms with Gasteiger partial charge in [0.05, 0.1) is 0 Å². The molecule has 1 aromatic carbocycles. The van der Waals surface area contributed by atoms with Crippen LogP contribution in [0.5, 0.6) is 0 Å². The lowest BCUT2D eigenvalue weighted by Crippen LogP contribution is -2.03. The van der Waals surface area contributed by atoms with Crippen molar-refractivity contribution in [3.05, 3.63) is 35.4 Å². The number of Topliss-reactive ketones (excluding diaryl/α,β-unsaturated/α-hetero) is 1. The van der Waals surface area contributed by atoms with E-state index in [1.54, 1.807) is 18.2 Å². The number of hydrogen-bond donors (Lipinski definition) is 0. The molecule has 0 atom stereocenters. The van der Waals surface area contributed by atoms with Gasteiger partial charge in [0.2, 0.25) is 0 Å². The third-order valence-electron chi connectivity index (χ3n) is 3.15. The highest BCUT2D eigenvalue weighted by Crippen LogP contribution is 2.13. The van der Waals surface area contributed by atoms with Gasteiger partial charge in [-0.3, -0.25) is 9.59 Å². The van der Waals surface area contributed by atoms with Crippen LogP contribution in [0.15, 0.2) is 24.3 Å². The van der Waals surface area contributed by atoms with Gasteiger partial charge in [-0.05, 0) is 6.42 Å². The average molecular weight is 246 g/mol. The second-order valence-electron chi connectivity index (χ2n) is 4.65. The predicted octanol–water partition coefficient (Wildman–Crippen LogP) is 4.43. The molecule has 0 heterocycles. The number of carbonyl (C=O) groups is 2. The van der Waals surface area contributed by atoms with Crippen LogP contribution in [0.4, 0.5) is 0 Å². The van der Waals surface area contributed by atoms with Gasteiger partial charge in [0.15, 0.2) is 12.1 Å². The van der Waals surface area contributed by atoms with Crippen molar-refractivity contribution >= 4 is 12.1 Å². The fraction of sp³-hybridized carbons (Fsp3) is 0.500. The molecule has 1 rings (SSSR count). The number of ketones is 1. The minimum atomic E-state index is 0.0909. The number of rotatable bonds is 9. The van der Waals surface area contributed by atoms with Crippen LogP contribution in [0.25, 0.3) is 0 Å². The first kappa shape index (κ1) is 14.6. The zero-order chi connectivity index (χ0) is 13.2. The Morgan fingerprint density at radius 2 is 1.72 bits per heavy atom. The monoisotopic (exact) mass is 246 g/mol. The van der Waals surface area contributed by atoms with Crippen LogP contribution < -0.4 is 0 Å². The predicted molar refractivity (Wildman–Crippen MR) is 74.2 cm³/mol. The summed E-state index contributed by atoms with van der Waals surface area (Å²) in [6.07, 6.45) is 8.33. The highest BCUT2D eigenvalue weighted by molar-refractivity contribution is 6.02. The van der Waals surface area contributed by atoms with E-state index in [2.05, 4.69) is 6.92 Å². The van der Waals surface area contributed by atoms with E-state index < -0.39 is 0 Å². The summed E-state index contributed by atoms with van der Waals surface area (Å²) in [5.74, 6) is 0.0909. The Hall–Kier alpha value is -1.44. The van der Waals surface area contributed by atoms with Crippen molar-refractivity contribution < 1.29 is 9.59 Å². The highest BCUT2D eigenvalue weighted by atomic mass is 16.1. The summed E-state index contributed by atoms with van der Waals surface area (Å²) < 4.78 is 0. The Morgan fingerprint density at radius 3 is 2.44 bits per heavy atom. The Labute approximate surface area is 109 Å². The maximum absolute atomic E-state index is 12.0. The number of unbranched alkanes of at least 4 members (excludes halogenated alkanes) is 5. The molecule has 0 spiro atoms. The smallest absolute Gasteiger partial charge is 0.163 e. The molecule has 1 aromatic rings. The van der Waals surface area contributed by atoms with Crippen LogP contribution in [0.3, 0.4) is 0 Å². The lowest BCUT2D eigenvalue weighted by molar-refractivity contribution is 0.0973. The van der Waals surface area contributed by atoms with Gasteiger partial charge in [0.1, 0.15) is 0 Å². The molecule has 2 heteroatoms. The number of carbonyl (C=O) groups excluding carboxylic acids is 2. The summed E-state index contributed by atoms with van der Waals surface area (Å²) >= 11 is 0. The fourth-order valence-corrected chi connectivity index (χ4v) is 2.05. The summed E-state index contributed by atoms with van der Waals surface area (Å²) in [7, 11) is 0. The standard InChI is InChI=1S/C16H22O2/c1-2-3-4-5-6-7-12-16(18)15-11-9-8-10-14(15)13-17/h8-11,13H,2-7,12H2,1H3. The quantitative estimate of drug-likeness (QED) is 0.367. The van der Waals surface area contributed by atoms with E-state index in [-0.39, 0.29) is 5.78 Å². The van der Waals surface area contributed by atoms with Gasteiger partial charge >= 0.3 is 0 Å². The number of benzene rings is 1. The first-order valence-electron chi connectivity index (χ1n) is 6.87. The molecule has 0 aliphatic carbocycles. The van der Waals surface area contributed by atoms with Gasteiger partial charge in [-0.2, -0.15) is 0 Å². The SMILES string of the molecule is CCCCCCCCC(=O)c1ccccc1C=O. The molecule has 18 heavy (non-hydrogen) atoms. The molecule has 2 nitrogen and oxygen atoms in total. The molecule has 0 bridgehead atoms. The van der Waals surface area contributed by atoms with Crippen molar-refractivity contribution in [2.24, 2.45) is 0 Å². The normalized spacial score (nSPS) is 10.3. The topological polar surface area (TPSA) is 34.1 Å². The summed E-state index contributed by atoms with van der Waals surface area (Å²) in [6, 6.07) is 7.03. The van der Waals surface area contributed by atoms with Gasteiger partial charge in [-0.15, -0.1) is 0 Å². The summed E-state index contributed by atoms with van der Waals surface area (Å²) in [6.45, 7) is 2.19. The molecule has 0 unspecified atom stereocenters. The van der Waals surface area contributed by atoms with Crippen molar-refractivity contribution in [3.63, 3.8) is 0 Å². The second kappa shape index (κ2) is 8.62. The van der Waals surface area contributed by atoms with Crippen molar-refractivity contribution in [3.8, 4) is 0 Å². The van der Waals surface area contributed by atoms with Gasteiger partial charge in [-0.1, -0.05) is 63.3 Å². The zero-order valence-corrected chi connectivity index (χ0v) is 11.2. The van der Waals surface area contributed by atoms with E-state index in [1.165, 1.54) is 25.7 Å². The molecule has 0 radical (unpaired) electrons.